The van der Waals surface area contributed by atoms with Crippen molar-refractivity contribution in [3.8, 4) is 0 Å². The normalized spacial score (nSPS) is 10.6. The van der Waals surface area contributed by atoms with E-state index in [0.717, 1.165) is 19.7 Å². The summed E-state index contributed by atoms with van der Waals surface area (Å²) in [6.45, 7) is 3.79. The summed E-state index contributed by atoms with van der Waals surface area (Å²) in [7, 11) is 1.67. The molecule has 1 aromatic heterocycles. The molecule has 5 heteroatoms. The van der Waals surface area contributed by atoms with Gasteiger partial charge in [0.1, 0.15) is 0 Å². The highest BCUT2D eigenvalue weighted by atomic mass is 32.1. The molecule has 1 N–H and O–H groups in total. The van der Waals surface area contributed by atoms with Crippen LogP contribution in [0, 0.1) is 0 Å². The van der Waals surface area contributed by atoms with E-state index in [1.54, 1.807) is 18.4 Å². The van der Waals surface area contributed by atoms with Crippen LogP contribution in [0.3, 0.4) is 0 Å². The summed E-state index contributed by atoms with van der Waals surface area (Å²) in [6.07, 6.45) is 1.88. The molecule has 0 aromatic carbocycles. The summed E-state index contributed by atoms with van der Waals surface area (Å²) in [4.78, 5) is 5.24. The number of aromatic nitrogens is 1. The largest absolute Gasteiger partial charge is 0.382 e. The molecule has 0 aliphatic carbocycles. The third-order valence-corrected chi connectivity index (χ3v) is 2.42. The molecule has 0 radical (unpaired) electrons. The molecule has 0 bridgehead atoms. The maximum atomic E-state index is 5.29. The zero-order chi connectivity index (χ0) is 10.1. The average molecular weight is 216 g/mol. The summed E-state index contributed by atoms with van der Waals surface area (Å²) in [5, 5.41) is 3.27. The first-order chi connectivity index (χ1) is 6.93. The van der Waals surface area contributed by atoms with Gasteiger partial charge in [-0.3, -0.25) is 4.98 Å². The maximum absolute atomic E-state index is 5.29. The van der Waals surface area contributed by atoms with Crippen LogP contribution in [-0.4, -0.2) is 38.5 Å². The number of ether oxygens (including phenoxy) is 2. The Balaban J connectivity index is 1.85. The fourth-order valence-electron chi connectivity index (χ4n) is 0.930. The van der Waals surface area contributed by atoms with Gasteiger partial charge in [-0.15, -0.1) is 11.3 Å². The highest BCUT2D eigenvalue weighted by Gasteiger charge is 1.93. The van der Waals surface area contributed by atoms with E-state index >= 15 is 0 Å². The predicted molar refractivity (Wildman–Crippen MR) is 56.5 cm³/mol. The minimum atomic E-state index is 0.662. The molecule has 0 unspecified atom stereocenters. The first-order valence-corrected chi connectivity index (χ1v) is 5.46. The van der Waals surface area contributed by atoms with Gasteiger partial charge in [-0.2, -0.15) is 0 Å². The average Bonchev–Trinajstić information content (AvgIpc) is 2.69. The van der Waals surface area contributed by atoms with Gasteiger partial charge in [-0.25, -0.2) is 0 Å². The van der Waals surface area contributed by atoms with E-state index in [1.165, 1.54) is 4.88 Å². The zero-order valence-corrected chi connectivity index (χ0v) is 9.18. The molecular weight excluding hydrogens is 200 g/mol. The number of hydrogen-bond acceptors (Lipinski definition) is 5. The van der Waals surface area contributed by atoms with Crippen LogP contribution in [0.25, 0.3) is 0 Å². The molecule has 1 aromatic rings. The van der Waals surface area contributed by atoms with Crippen molar-refractivity contribution >= 4 is 11.3 Å². The zero-order valence-electron chi connectivity index (χ0n) is 8.36. The van der Waals surface area contributed by atoms with E-state index in [9.17, 15) is 0 Å². The summed E-state index contributed by atoms with van der Waals surface area (Å²) in [5.41, 5.74) is 1.84. The van der Waals surface area contributed by atoms with E-state index in [2.05, 4.69) is 10.3 Å². The van der Waals surface area contributed by atoms with E-state index in [1.807, 2.05) is 11.7 Å². The lowest BCUT2D eigenvalue weighted by molar-refractivity contribution is 0.0719. The minimum absolute atomic E-state index is 0.662. The van der Waals surface area contributed by atoms with Crippen molar-refractivity contribution in [2.45, 2.75) is 6.54 Å². The van der Waals surface area contributed by atoms with E-state index in [0.29, 0.717) is 13.2 Å². The Kier molecular flexibility index (Phi) is 6.51. The number of nitrogens with zero attached hydrogens (tertiary/aromatic N) is 1. The fourth-order valence-corrected chi connectivity index (χ4v) is 1.49. The third-order valence-electron chi connectivity index (χ3n) is 1.64. The Hall–Kier alpha value is -0.490. The number of rotatable bonds is 8. The molecule has 4 nitrogen and oxygen atoms in total. The highest BCUT2D eigenvalue weighted by Crippen LogP contribution is 2.03. The maximum Gasteiger partial charge on any atom is 0.0794 e. The molecule has 0 saturated heterocycles. The molecule has 0 spiro atoms. The second kappa shape index (κ2) is 7.87. The molecule has 0 fully saturated rings. The van der Waals surface area contributed by atoms with Crippen molar-refractivity contribution in [2.24, 2.45) is 0 Å². The van der Waals surface area contributed by atoms with Crippen molar-refractivity contribution in [1.82, 2.24) is 10.3 Å². The molecule has 80 valence electrons. The van der Waals surface area contributed by atoms with Gasteiger partial charge in [0.25, 0.3) is 0 Å². The van der Waals surface area contributed by atoms with Gasteiger partial charge in [0.2, 0.25) is 0 Å². The monoisotopic (exact) mass is 216 g/mol. The molecule has 0 aliphatic heterocycles. The highest BCUT2D eigenvalue weighted by molar-refractivity contribution is 7.09. The van der Waals surface area contributed by atoms with Gasteiger partial charge < -0.3 is 14.8 Å². The van der Waals surface area contributed by atoms with Crippen LogP contribution in [0.5, 0.6) is 0 Å². The SMILES string of the molecule is COCCOCCNCc1cncs1. The Bertz CT molecular complexity index is 217. The lowest BCUT2D eigenvalue weighted by Gasteiger charge is -2.04. The lowest BCUT2D eigenvalue weighted by atomic mass is 10.5. The van der Waals surface area contributed by atoms with Crippen molar-refractivity contribution < 1.29 is 9.47 Å². The number of hydrogen-bond donors (Lipinski definition) is 1. The molecule has 0 atom stereocenters. The van der Waals surface area contributed by atoms with Crippen molar-refractivity contribution in [2.75, 3.05) is 33.5 Å². The second-order valence-electron chi connectivity index (χ2n) is 2.75. The summed E-state index contributed by atoms with van der Waals surface area (Å²) in [6, 6.07) is 0. The van der Waals surface area contributed by atoms with E-state index in [4.69, 9.17) is 9.47 Å². The Morgan fingerprint density at radius 3 is 3.07 bits per heavy atom. The first-order valence-electron chi connectivity index (χ1n) is 4.58. The van der Waals surface area contributed by atoms with Gasteiger partial charge in [0, 0.05) is 31.3 Å². The molecule has 14 heavy (non-hydrogen) atoms. The molecule has 1 heterocycles. The van der Waals surface area contributed by atoms with Crippen LogP contribution in [0.1, 0.15) is 4.88 Å². The molecule has 0 saturated carbocycles. The molecule has 1 rings (SSSR count). The lowest BCUT2D eigenvalue weighted by Crippen LogP contribution is -2.19. The minimum Gasteiger partial charge on any atom is -0.382 e. The van der Waals surface area contributed by atoms with Crippen LogP contribution in [0.15, 0.2) is 11.7 Å². The Labute approximate surface area is 88.3 Å². The number of thiazole rings is 1. The van der Waals surface area contributed by atoms with Crippen LogP contribution in [0.4, 0.5) is 0 Å². The quantitative estimate of drug-likeness (QED) is 0.656. The number of methoxy groups -OCH3 is 1. The molecule has 0 amide bonds. The Morgan fingerprint density at radius 1 is 1.43 bits per heavy atom. The van der Waals surface area contributed by atoms with Crippen molar-refractivity contribution in [1.29, 1.82) is 0 Å². The van der Waals surface area contributed by atoms with Crippen LogP contribution >= 0.6 is 11.3 Å². The van der Waals surface area contributed by atoms with Crippen LogP contribution in [0.2, 0.25) is 0 Å². The fraction of sp³-hybridized carbons (Fsp3) is 0.667. The third kappa shape index (κ3) is 5.29. The van der Waals surface area contributed by atoms with Gasteiger partial charge >= 0.3 is 0 Å². The predicted octanol–water partition coefficient (Wildman–Crippen LogP) is 0.896. The standard InChI is InChI=1S/C9H16N2O2S/c1-12-4-5-13-3-2-10-6-9-7-11-8-14-9/h7-8,10H,2-6H2,1H3. The van der Waals surface area contributed by atoms with Gasteiger partial charge in [0.05, 0.1) is 25.3 Å². The Morgan fingerprint density at radius 2 is 2.36 bits per heavy atom. The van der Waals surface area contributed by atoms with Gasteiger partial charge in [-0.05, 0) is 0 Å². The second-order valence-corrected chi connectivity index (χ2v) is 3.72. The van der Waals surface area contributed by atoms with E-state index < -0.39 is 0 Å². The van der Waals surface area contributed by atoms with Crippen molar-refractivity contribution in [3.05, 3.63) is 16.6 Å². The topological polar surface area (TPSA) is 43.4 Å². The number of nitrogens with one attached hydrogen (secondary N) is 1. The van der Waals surface area contributed by atoms with Gasteiger partial charge in [0.15, 0.2) is 0 Å². The van der Waals surface area contributed by atoms with E-state index in [-0.39, 0.29) is 0 Å². The first kappa shape index (κ1) is 11.6. The smallest absolute Gasteiger partial charge is 0.0794 e. The summed E-state index contributed by atoms with van der Waals surface area (Å²) < 4.78 is 10.1. The summed E-state index contributed by atoms with van der Waals surface area (Å²) in [5.74, 6) is 0. The van der Waals surface area contributed by atoms with Crippen LogP contribution in [-0.2, 0) is 16.0 Å². The van der Waals surface area contributed by atoms with Gasteiger partial charge in [-0.1, -0.05) is 0 Å². The molecule has 0 aliphatic rings. The summed E-state index contributed by atoms with van der Waals surface area (Å²) >= 11 is 1.66. The van der Waals surface area contributed by atoms with Crippen LogP contribution < -0.4 is 5.32 Å². The molecular formula is C9H16N2O2S. The van der Waals surface area contributed by atoms with Crippen molar-refractivity contribution in [3.63, 3.8) is 0 Å².